The smallest absolute Gasteiger partial charge is 0.260 e. The van der Waals surface area contributed by atoms with Crippen LogP contribution in [0.3, 0.4) is 0 Å². The van der Waals surface area contributed by atoms with Gasteiger partial charge in [-0.1, -0.05) is 0 Å². The van der Waals surface area contributed by atoms with Gasteiger partial charge in [0.1, 0.15) is 0 Å². The zero-order valence-electron chi connectivity index (χ0n) is 18.1. The van der Waals surface area contributed by atoms with E-state index >= 15 is 0 Å². The van der Waals surface area contributed by atoms with E-state index in [4.69, 9.17) is 4.74 Å². The van der Waals surface area contributed by atoms with Crippen LogP contribution in [0.15, 0.2) is 6.07 Å². The van der Waals surface area contributed by atoms with E-state index in [-0.39, 0.29) is 24.5 Å². The Labute approximate surface area is 176 Å². The maximum absolute atomic E-state index is 12.7. The average Bonchev–Trinajstić information content (AvgIpc) is 3.48. The summed E-state index contributed by atoms with van der Waals surface area (Å²) < 4.78 is 7.48. The van der Waals surface area contributed by atoms with Crippen LogP contribution < -0.4 is 10.1 Å². The van der Waals surface area contributed by atoms with Gasteiger partial charge in [-0.25, -0.2) is 9.67 Å². The molecule has 0 radical (unpaired) electrons. The normalized spacial score (nSPS) is 18.5. The molecule has 4 rings (SSSR count). The van der Waals surface area contributed by atoms with Crippen LogP contribution in [0.25, 0.3) is 11.0 Å². The van der Waals surface area contributed by atoms with Crippen LogP contribution >= 0.6 is 0 Å². The van der Waals surface area contributed by atoms with Crippen molar-refractivity contribution >= 4 is 22.8 Å². The molecule has 1 saturated carbocycles. The Hall–Kier alpha value is -2.68. The minimum atomic E-state index is -0.169. The van der Waals surface area contributed by atoms with Crippen molar-refractivity contribution in [1.82, 2.24) is 29.9 Å². The lowest BCUT2D eigenvalue weighted by molar-refractivity contribution is -0.136. The number of nitrogens with zero attached hydrogens (tertiary/aromatic N) is 5. The summed E-state index contributed by atoms with van der Waals surface area (Å²) in [4.78, 5) is 33.4. The molecule has 2 aromatic heterocycles. The third-order valence-electron chi connectivity index (χ3n) is 5.94. The van der Waals surface area contributed by atoms with Crippen LogP contribution in [0.5, 0.6) is 5.88 Å². The van der Waals surface area contributed by atoms with E-state index in [1.165, 1.54) is 0 Å². The van der Waals surface area contributed by atoms with Gasteiger partial charge >= 0.3 is 0 Å². The van der Waals surface area contributed by atoms with Crippen LogP contribution in [0, 0.1) is 13.8 Å². The molecule has 1 aliphatic carbocycles. The van der Waals surface area contributed by atoms with E-state index in [2.05, 4.69) is 20.3 Å². The number of ether oxygens (including phenoxy) is 1. The predicted molar refractivity (Wildman–Crippen MR) is 112 cm³/mol. The molecule has 3 heterocycles. The Balaban J connectivity index is 1.31. The highest BCUT2D eigenvalue weighted by molar-refractivity contribution is 5.86. The minimum Gasteiger partial charge on any atom is -0.466 e. The summed E-state index contributed by atoms with van der Waals surface area (Å²) >= 11 is 0. The maximum atomic E-state index is 12.7. The first-order chi connectivity index (χ1) is 14.3. The molecular formula is C21H30N6O3. The number of hydrogen-bond acceptors (Lipinski definition) is 6. The lowest BCUT2D eigenvalue weighted by Gasteiger charge is -2.37. The summed E-state index contributed by atoms with van der Waals surface area (Å²) in [7, 11) is 1.82. The second-order valence-electron chi connectivity index (χ2n) is 8.37. The van der Waals surface area contributed by atoms with Crippen LogP contribution in [0.4, 0.5) is 0 Å². The summed E-state index contributed by atoms with van der Waals surface area (Å²) in [6.07, 6.45) is 2.17. The number of aromatic nitrogens is 3. The minimum absolute atomic E-state index is 0.0584. The second-order valence-corrected chi connectivity index (χ2v) is 8.37. The second kappa shape index (κ2) is 8.22. The molecule has 1 aliphatic heterocycles. The molecule has 2 aromatic rings. The van der Waals surface area contributed by atoms with Crippen LogP contribution in [-0.4, -0.2) is 81.2 Å². The standard InChI is InChI=1S/C21H30N6O3/c1-13-11-14(2)22-19-18(13)21(24-25(19)4)30-12-17(28)27-9-7-26(8-10-27)15(3)20(29)23-16-5-6-16/h11,15-16H,5-10,12H2,1-4H3,(H,23,29). The third kappa shape index (κ3) is 4.26. The van der Waals surface area contributed by atoms with Gasteiger partial charge in [0, 0.05) is 45.0 Å². The van der Waals surface area contributed by atoms with Gasteiger partial charge in [0.2, 0.25) is 11.8 Å². The van der Waals surface area contributed by atoms with Crippen molar-refractivity contribution in [3.8, 4) is 5.88 Å². The fourth-order valence-corrected chi connectivity index (χ4v) is 3.95. The van der Waals surface area contributed by atoms with Crippen molar-refractivity contribution in [3.63, 3.8) is 0 Å². The Morgan fingerprint density at radius 3 is 2.60 bits per heavy atom. The summed E-state index contributed by atoms with van der Waals surface area (Å²) in [6, 6.07) is 2.18. The van der Waals surface area contributed by atoms with Crippen molar-refractivity contribution in [2.45, 2.75) is 45.7 Å². The van der Waals surface area contributed by atoms with Gasteiger partial charge in [0.05, 0.1) is 11.4 Å². The summed E-state index contributed by atoms with van der Waals surface area (Å²) in [5, 5.41) is 8.30. The van der Waals surface area contributed by atoms with E-state index in [1.807, 2.05) is 33.9 Å². The lowest BCUT2D eigenvalue weighted by Crippen LogP contribution is -2.55. The number of pyridine rings is 1. The predicted octanol–water partition coefficient (Wildman–Crippen LogP) is 0.775. The van der Waals surface area contributed by atoms with Gasteiger partial charge < -0.3 is 15.0 Å². The van der Waals surface area contributed by atoms with Gasteiger partial charge in [-0.2, -0.15) is 0 Å². The van der Waals surface area contributed by atoms with Crippen molar-refractivity contribution < 1.29 is 14.3 Å². The van der Waals surface area contributed by atoms with Gasteiger partial charge in [-0.05, 0) is 45.2 Å². The molecule has 9 nitrogen and oxygen atoms in total. The Morgan fingerprint density at radius 2 is 1.93 bits per heavy atom. The van der Waals surface area contributed by atoms with Gasteiger partial charge in [-0.3, -0.25) is 14.5 Å². The van der Waals surface area contributed by atoms with Crippen LogP contribution in [-0.2, 0) is 16.6 Å². The molecule has 0 spiro atoms. The van der Waals surface area contributed by atoms with E-state index < -0.39 is 0 Å². The molecule has 2 amide bonds. The van der Waals surface area contributed by atoms with Crippen molar-refractivity contribution in [1.29, 1.82) is 0 Å². The Morgan fingerprint density at radius 1 is 1.23 bits per heavy atom. The molecule has 1 N–H and O–H groups in total. The number of carbonyl (C=O) groups excluding carboxylic acids is 2. The zero-order valence-corrected chi connectivity index (χ0v) is 18.1. The van der Waals surface area contributed by atoms with Crippen LogP contribution in [0.2, 0.25) is 0 Å². The van der Waals surface area contributed by atoms with E-state index in [9.17, 15) is 9.59 Å². The highest BCUT2D eigenvalue weighted by Crippen LogP contribution is 2.27. The number of fused-ring (bicyclic) bond motifs is 1. The van der Waals surface area contributed by atoms with E-state index in [0.717, 1.165) is 35.1 Å². The van der Waals surface area contributed by atoms with E-state index in [0.29, 0.717) is 38.1 Å². The largest absolute Gasteiger partial charge is 0.466 e. The SMILES string of the molecule is Cc1cc(C)c2c(OCC(=O)N3CCN(C(C)C(=O)NC4CC4)CC3)nn(C)c2n1. The van der Waals surface area contributed by atoms with Crippen molar-refractivity contribution in [2.24, 2.45) is 7.05 Å². The number of amides is 2. The molecule has 162 valence electrons. The van der Waals surface area contributed by atoms with Gasteiger partial charge in [0.15, 0.2) is 12.3 Å². The topological polar surface area (TPSA) is 92.6 Å². The summed E-state index contributed by atoms with van der Waals surface area (Å²) in [5.74, 6) is 0.456. The number of nitrogens with one attached hydrogen (secondary N) is 1. The number of hydrogen-bond donors (Lipinski definition) is 1. The summed E-state index contributed by atoms with van der Waals surface area (Å²) in [6.45, 7) is 8.35. The first-order valence-electron chi connectivity index (χ1n) is 10.6. The molecule has 9 heteroatoms. The Bertz CT molecular complexity index is 959. The molecule has 30 heavy (non-hydrogen) atoms. The number of carbonyl (C=O) groups is 2. The third-order valence-corrected chi connectivity index (χ3v) is 5.94. The maximum Gasteiger partial charge on any atom is 0.260 e. The molecule has 2 fully saturated rings. The highest BCUT2D eigenvalue weighted by atomic mass is 16.5. The Kier molecular flexibility index (Phi) is 5.64. The molecule has 0 aromatic carbocycles. The highest BCUT2D eigenvalue weighted by Gasteiger charge is 2.31. The van der Waals surface area contributed by atoms with Crippen molar-refractivity contribution in [3.05, 3.63) is 17.3 Å². The fraction of sp³-hybridized carbons (Fsp3) is 0.619. The molecule has 1 unspecified atom stereocenters. The number of rotatable bonds is 6. The average molecular weight is 415 g/mol. The molecule has 1 atom stereocenters. The number of aryl methyl sites for hydroxylation is 3. The zero-order chi connectivity index (χ0) is 21.4. The van der Waals surface area contributed by atoms with Crippen molar-refractivity contribution in [2.75, 3.05) is 32.8 Å². The first-order valence-corrected chi connectivity index (χ1v) is 10.6. The van der Waals surface area contributed by atoms with Gasteiger partial charge in [0.25, 0.3) is 5.91 Å². The quantitative estimate of drug-likeness (QED) is 0.751. The lowest BCUT2D eigenvalue weighted by atomic mass is 10.2. The van der Waals surface area contributed by atoms with Gasteiger partial charge in [-0.15, -0.1) is 5.10 Å². The van der Waals surface area contributed by atoms with Crippen LogP contribution in [0.1, 0.15) is 31.0 Å². The molecular weight excluding hydrogens is 384 g/mol. The molecule has 2 aliphatic rings. The monoisotopic (exact) mass is 414 g/mol. The molecule has 0 bridgehead atoms. The fourth-order valence-electron chi connectivity index (χ4n) is 3.95. The number of piperazine rings is 1. The molecule has 1 saturated heterocycles. The van der Waals surface area contributed by atoms with E-state index in [1.54, 1.807) is 9.58 Å². The first kappa shape index (κ1) is 20.6. The summed E-state index contributed by atoms with van der Waals surface area (Å²) in [5.41, 5.74) is 2.70.